The van der Waals surface area contributed by atoms with Crippen LogP contribution < -0.4 is 0 Å². The van der Waals surface area contributed by atoms with Gasteiger partial charge in [-0.05, 0) is 25.7 Å². The summed E-state index contributed by atoms with van der Waals surface area (Å²) in [7, 11) is -9.87. The van der Waals surface area contributed by atoms with Gasteiger partial charge in [0.05, 0.1) is 26.4 Å². The number of phosphoric ester groups is 2. The lowest BCUT2D eigenvalue weighted by Crippen LogP contribution is -2.30. The van der Waals surface area contributed by atoms with Gasteiger partial charge in [-0.3, -0.25) is 37.3 Å². The van der Waals surface area contributed by atoms with Crippen molar-refractivity contribution in [2.45, 2.75) is 354 Å². The van der Waals surface area contributed by atoms with Gasteiger partial charge in [-0.25, -0.2) is 9.13 Å². The first-order chi connectivity index (χ1) is 40.7. The van der Waals surface area contributed by atoms with Gasteiger partial charge in [-0.2, -0.15) is 0 Å². The van der Waals surface area contributed by atoms with Crippen LogP contribution in [-0.4, -0.2) is 96.7 Å². The van der Waals surface area contributed by atoms with Gasteiger partial charge in [0.25, 0.3) is 0 Å². The minimum Gasteiger partial charge on any atom is -0.462 e. The lowest BCUT2D eigenvalue weighted by molar-refractivity contribution is -0.161. The van der Waals surface area contributed by atoms with Crippen LogP contribution in [0.25, 0.3) is 0 Å². The first-order valence-electron chi connectivity index (χ1n) is 34.3. The van der Waals surface area contributed by atoms with Crippen LogP contribution in [0.15, 0.2) is 0 Å². The average Bonchev–Trinajstić information content (AvgIpc) is 3.64. The van der Waals surface area contributed by atoms with Crippen molar-refractivity contribution < 1.29 is 80.2 Å². The fraction of sp³-hybridized carbons (Fsp3) is 0.938. The predicted octanol–water partition coefficient (Wildman–Crippen LogP) is 18.3. The first kappa shape index (κ1) is 82.1. The quantitative estimate of drug-likeness (QED) is 0.0222. The number of hydrogen-bond donors (Lipinski definition) is 3. The molecule has 0 radical (unpaired) electrons. The molecule has 0 aliphatic carbocycles. The highest BCUT2D eigenvalue weighted by Crippen LogP contribution is 2.45. The average molecular weight is 1240 g/mol. The summed E-state index contributed by atoms with van der Waals surface area (Å²) in [5.41, 5.74) is 0. The van der Waals surface area contributed by atoms with E-state index >= 15 is 0 Å². The summed E-state index contributed by atoms with van der Waals surface area (Å²) in [6.07, 6.45) is 46.2. The summed E-state index contributed by atoms with van der Waals surface area (Å²) in [4.78, 5) is 72.0. The Hall–Kier alpha value is -1.94. The summed E-state index contributed by atoms with van der Waals surface area (Å²) in [5.74, 6) is -2.14. The van der Waals surface area contributed by atoms with Crippen molar-refractivity contribution in [3.63, 3.8) is 0 Å². The van der Waals surface area contributed by atoms with E-state index in [9.17, 15) is 43.2 Å². The lowest BCUT2D eigenvalue weighted by Gasteiger charge is -2.21. The van der Waals surface area contributed by atoms with Gasteiger partial charge in [0.1, 0.15) is 19.3 Å². The maximum Gasteiger partial charge on any atom is 0.472 e. The molecule has 498 valence electrons. The maximum atomic E-state index is 13.0. The highest BCUT2D eigenvalue weighted by atomic mass is 31.2. The summed E-state index contributed by atoms with van der Waals surface area (Å²) >= 11 is 0. The largest absolute Gasteiger partial charge is 0.472 e. The second-order valence-electron chi connectivity index (χ2n) is 23.5. The summed E-state index contributed by atoms with van der Waals surface area (Å²) in [6.45, 7) is 4.82. The monoisotopic (exact) mass is 1240 g/mol. The zero-order valence-corrected chi connectivity index (χ0v) is 55.7. The van der Waals surface area contributed by atoms with Crippen LogP contribution >= 0.6 is 15.6 Å². The van der Waals surface area contributed by atoms with Crippen LogP contribution in [0, 0.1) is 0 Å². The molecular weight excluding hydrogens is 1110 g/mol. The molecule has 0 heterocycles. The van der Waals surface area contributed by atoms with Crippen molar-refractivity contribution in [3.8, 4) is 0 Å². The standard InChI is InChI=1S/C65H126O17P2/c1-5-9-13-17-21-23-25-26-27-28-29-30-31-32-34-36-40-44-48-52-65(70)82-61(56-76-63(68)50-46-42-39-35-33-24-22-18-14-10-6-2)58-80-84(73,74)78-54-59(66)53-77-83(71,72)79-57-60(81-64(69)51-47-43-38-20-16-12-8-4)55-75-62(67)49-45-41-37-19-15-11-7-3/h59-61,66H,5-58H2,1-4H3,(H,71,72)(H,73,74)/t59-,60+,61+/m0/s1. The summed E-state index contributed by atoms with van der Waals surface area (Å²) in [5, 5.41) is 10.5. The topological polar surface area (TPSA) is 237 Å². The van der Waals surface area contributed by atoms with Crippen molar-refractivity contribution in [1.29, 1.82) is 0 Å². The number of aliphatic hydroxyl groups excluding tert-OH is 1. The van der Waals surface area contributed by atoms with Crippen LogP contribution in [0.1, 0.15) is 336 Å². The van der Waals surface area contributed by atoms with Gasteiger partial charge in [0.15, 0.2) is 12.2 Å². The van der Waals surface area contributed by atoms with E-state index in [1.165, 1.54) is 141 Å². The van der Waals surface area contributed by atoms with E-state index in [1.54, 1.807) is 0 Å². The van der Waals surface area contributed by atoms with E-state index in [-0.39, 0.29) is 25.7 Å². The highest BCUT2D eigenvalue weighted by Gasteiger charge is 2.30. The molecule has 0 spiro atoms. The van der Waals surface area contributed by atoms with E-state index < -0.39 is 97.5 Å². The fourth-order valence-electron chi connectivity index (χ4n) is 9.81. The van der Waals surface area contributed by atoms with Crippen molar-refractivity contribution in [2.75, 3.05) is 39.6 Å². The molecule has 0 aliphatic heterocycles. The second kappa shape index (κ2) is 60.0. The van der Waals surface area contributed by atoms with E-state index in [0.717, 1.165) is 116 Å². The maximum absolute atomic E-state index is 13.0. The molecule has 0 aromatic rings. The number of hydrogen-bond acceptors (Lipinski definition) is 15. The molecule has 0 aromatic heterocycles. The van der Waals surface area contributed by atoms with E-state index in [0.29, 0.717) is 25.7 Å². The Morgan fingerprint density at radius 1 is 0.286 bits per heavy atom. The normalized spacial score (nSPS) is 14.1. The first-order valence-corrected chi connectivity index (χ1v) is 37.3. The molecular formula is C65H126O17P2. The third kappa shape index (κ3) is 59.0. The van der Waals surface area contributed by atoms with Gasteiger partial charge in [0.2, 0.25) is 0 Å². The number of esters is 4. The Balaban J connectivity index is 5.12. The van der Waals surface area contributed by atoms with Crippen molar-refractivity contribution in [3.05, 3.63) is 0 Å². The fourth-order valence-corrected chi connectivity index (χ4v) is 11.4. The summed E-state index contributed by atoms with van der Waals surface area (Å²) < 4.78 is 67.8. The second-order valence-corrected chi connectivity index (χ2v) is 26.4. The number of unbranched alkanes of at least 4 members (excludes halogenated alkanes) is 40. The zero-order chi connectivity index (χ0) is 61.9. The van der Waals surface area contributed by atoms with Crippen molar-refractivity contribution in [1.82, 2.24) is 0 Å². The molecule has 0 bridgehead atoms. The Bertz CT molecular complexity index is 1620. The smallest absolute Gasteiger partial charge is 0.462 e. The van der Waals surface area contributed by atoms with E-state index in [4.69, 9.17) is 37.0 Å². The minimum atomic E-state index is -4.94. The van der Waals surface area contributed by atoms with Gasteiger partial charge in [-0.15, -0.1) is 0 Å². The Morgan fingerprint density at radius 2 is 0.476 bits per heavy atom. The third-order valence-electron chi connectivity index (χ3n) is 15.1. The van der Waals surface area contributed by atoms with Crippen molar-refractivity contribution in [2.24, 2.45) is 0 Å². The molecule has 17 nitrogen and oxygen atoms in total. The number of aliphatic hydroxyl groups is 1. The highest BCUT2D eigenvalue weighted by molar-refractivity contribution is 7.47. The lowest BCUT2D eigenvalue weighted by atomic mass is 10.0. The molecule has 3 N–H and O–H groups in total. The molecule has 0 saturated carbocycles. The Kier molecular flexibility index (Phi) is 58.6. The number of rotatable bonds is 66. The molecule has 0 saturated heterocycles. The van der Waals surface area contributed by atoms with Gasteiger partial charge in [-0.1, -0.05) is 285 Å². The van der Waals surface area contributed by atoms with Gasteiger partial charge < -0.3 is 33.8 Å². The van der Waals surface area contributed by atoms with E-state index in [1.807, 2.05) is 0 Å². The zero-order valence-electron chi connectivity index (χ0n) is 53.9. The third-order valence-corrected chi connectivity index (χ3v) is 17.0. The minimum absolute atomic E-state index is 0.104. The molecule has 0 aliphatic rings. The van der Waals surface area contributed by atoms with Crippen LogP contribution in [0.3, 0.4) is 0 Å². The summed E-state index contributed by atoms with van der Waals surface area (Å²) in [6, 6.07) is 0. The number of carbonyl (C=O) groups excluding carboxylic acids is 4. The SMILES string of the molecule is CCCCCCCCCCCCCCCCCCCCCC(=O)O[C@H](COC(=O)CCCCCCCCCCCCC)COP(=O)(O)OC[C@@H](O)COP(=O)(O)OC[C@@H](COC(=O)CCCCCCCCC)OC(=O)CCCCCCCCC. The van der Waals surface area contributed by atoms with Gasteiger partial charge in [0, 0.05) is 25.7 Å². The van der Waals surface area contributed by atoms with Crippen LogP contribution in [0.4, 0.5) is 0 Å². The predicted molar refractivity (Wildman–Crippen MR) is 335 cm³/mol. The Morgan fingerprint density at radius 3 is 0.702 bits per heavy atom. The van der Waals surface area contributed by atoms with Gasteiger partial charge >= 0.3 is 39.5 Å². The number of carbonyl (C=O) groups is 4. The molecule has 5 atom stereocenters. The van der Waals surface area contributed by atoms with Crippen molar-refractivity contribution >= 4 is 39.5 Å². The van der Waals surface area contributed by atoms with Crippen LogP contribution in [0.2, 0.25) is 0 Å². The number of phosphoric acid groups is 2. The molecule has 0 fully saturated rings. The van der Waals surface area contributed by atoms with Crippen LogP contribution in [-0.2, 0) is 65.4 Å². The molecule has 0 amide bonds. The van der Waals surface area contributed by atoms with E-state index in [2.05, 4.69) is 27.7 Å². The van der Waals surface area contributed by atoms with Crippen LogP contribution in [0.5, 0.6) is 0 Å². The number of ether oxygens (including phenoxy) is 4. The molecule has 0 aromatic carbocycles. The molecule has 19 heteroatoms. The Labute approximate surface area is 511 Å². The molecule has 84 heavy (non-hydrogen) atoms. The molecule has 2 unspecified atom stereocenters. The molecule has 0 rings (SSSR count).